The maximum Gasteiger partial charge on any atom is 0.256 e. The molecule has 0 spiro atoms. The Morgan fingerprint density at radius 1 is 1.28 bits per heavy atom. The molecule has 2 aliphatic rings. The van der Waals surface area contributed by atoms with Gasteiger partial charge in [-0.05, 0) is 44.8 Å². The second kappa shape index (κ2) is 7.09. The molecule has 0 saturated carbocycles. The first-order chi connectivity index (χ1) is 12.2. The highest BCUT2D eigenvalue weighted by Crippen LogP contribution is 2.21. The summed E-state index contributed by atoms with van der Waals surface area (Å²) >= 11 is 0. The first-order valence-corrected chi connectivity index (χ1v) is 9.06. The van der Waals surface area contributed by atoms with E-state index >= 15 is 0 Å². The molecule has 4 heterocycles. The molecule has 0 bridgehead atoms. The lowest BCUT2D eigenvalue weighted by Crippen LogP contribution is -2.36. The Morgan fingerprint density at radius 3 is 2.92 bits per heavy atom. The van der Waals surface area contributed by atoms with Crippen molar-refractivity contribution in [3.63, 3.8) is 0 Å². The Labute approximate surface area is 147 Å². The van der Waals surface area contributed by atoms with Crippen LogP contribution in [0.15, 0.2) is 23.4 Å². The van der Waals surface area contributed by atoms with E-state index in [9.17, 15) is 4.79 Å². The summed E-state index contributed by atoms with van der Waals surface area (Å²) in [6.07, 6.45) is 5.52. The highest BCUT2D eigenvalue weighted by molar-refractivity contribution is 5.11. The molecule has 0 radical (unpaired) electrons. The van der Waals surface area contributed by atoms with Gasteiger partial charge in [0.25, 0.3) is 5.56 Å². The summed E-state index contributed by atoms with van der Waals surface area (Å²) in [6.45, 7) is 7.90. The van der Waals surface area contributed by atoms with Gasteiger partial charge in [0.05, 0.1) is 37.5 Å². The molecule has 7 nitrogen and oxygen atoms in total. The molecule has 2 aromatic rings. The second-order valence-electron chi connectivity index (χ2n) is 7.16. The number of hydrogen-bond donors (Lipinski definition) is 0. The maximum atomic E-state index is 12.1. The van der Waals surface area contributed by atoms with E-state index in [1.807, 2.05) is 6.92 Å². The number of aromatic nitrogens is 4. The summed E-state index contributed by atoms with van der Waals surface area (Å²) in [5.41, 5.74) is 3.12. The number of piperidine rings is 1. The molecular formula is C18H25N5O2. The van der Waals surface area contributed by atoms with Gasteiger partial charge in [0, 0.05) is 24.8 Å². The van der Waals surface area contributed by atoms with Gasteiger partial charge in [-0.25, -0.2) is 4.98 Å². The number of nitrogens with zero attached hydrogens (tertiary/aromatic N) is 5. The summed E-state index contributed by atoms with van der Waals surface area (Å²) in [7, 11) is 0. The largest absolute Gasteiger partial charge is 0.373 e. The highest BCUT2D eigenvalue weighted by atomic mass is 16.5. The Balaban J connectivity index is 1.31. The van der Waals surface area contributed by atoms with Crippen molar-refractivity contribution in [3.8, 4) is 0 Å². The van der Waals surface area contributed by atoms with Crippen LogP contribution in [0.25, 0.3) is 0 Å². The Bertz CT molecular complexity index is 766. The van der Waals surface area contributed by atoms with Gasteiger partial charge >= 0.3 is 0 Å². The van der Waals surface area contributed by atoms with Gasteiger partial charge in [-0.3, -0.25) is 18.9 Å². The van der Waals surface area contributed by atoms with Crippen molar-refractivity contribution in [2.75, 3.05) is 19.7 Å². The third-order valence-corrected chi connectivity index (χ3v) is 5.23. The molecule has 25 heavy (non-hydrogen) atoms. The molecule has 7 heteroatoms. The monoisotopic (exact) mass is 343 g/mol. The van der Waals surface area contributed by atoms with E-state index in [1.165, 1.54) is 5.69 Å². The molecule has 0 aliphatic carbocycles. The van der Waals surface area contributed by atoms with Crippen molar-refractivity contribution in [3.05, 3.63) is 45.9 Å². The molecule has 1 fully saturated rings. The molecule has 134 valence electrons. The number of fused-ring (bicyclic) bond motifs is 1. The number of rotatable bonds is 4. The fourth-order valence-electron chi connectivity index (χ4n) is 3.75. The zero-order valence-corrected chi connectivity index (χ0v) is 14.7. The minimum absolute atomic E-state index is 0.0863. The number of hydrogen-bond acceptors (Lipinski definition) is 5. The lowest BCUT2D eigenvalue weighted by atomic mass is 9.96. The van der Waals surface area contributed by atoms with Crippen LogP contribution in [0, 0.1) is 12.8 Å². The second-order valence-corrected chi connectivity index (χ2v) is 7.16. The first-order valence-electron chi connectivity index (χ1n) is 9.06. The molecule has 0 N–H and O–H groups in total. The molecular weight excluding hydrogens is 318 g/mol. The quantitative estimate of drug-likeness (QED) is 0.834. The van der Waals surface area contributed by atoms with Crippen LogP contribution in [-0.2, 0) is 31.0 Å². The number of aryl methyl sites for hydroxylation is 1. The van der Waals surface area contributed by atoms with Gasteiger partial charge in [-0.15, -0.1) is 0 Å². The van der Waals surface area contributed by atoms with E-state index in [1.54, 1.807) is 17.1 Å². The number of likely N-dealkylation sites (tertiary alicyclic amines) is 1. The first kappa shape index (κ1) is 16.5. The van der Waals surface area contributed by atoms with Crippen molar-refractivity contribution < 1.29 is 4.74 Å². The van der Waals surface area contributed by atoms with Crippen molar-refractivity contribution in [1.29, 1.82) is 0 Å². The average molecular weight is 343 g/mol. The van der Waals surface area contributed by atoms with Gasteiger partial charge in [0.1, 0.15) is 0 Å². The van der Waals surface area contributed by atoms with Crippen molar-refractivity contribution in [2.45, 2.75) is 46.0 Å². The maximum absolute atomic E-state index is 12.1. The summed E-state index contributed by atoms with van der Waals surface area (Å²) in [6, 6.07) is 2.17. The topological polar surface area (TPSA) is 65.2 Å². The SMILES string of the molecule is Cc1cncn(CC2CCN(Cc3cc4n(n3)CCOC4)CC2)c1=O. The van der Waals surface area contributed by atoms with E-state index in [2.05, 4.69) is 20.6 Å². The average Bonchev–Trinajstić information content (AvgIpc) is 3.03. The van der Waals surface area contributed by atoms with Gasteiger partial charge < -0.3 is 4.74 Å². The van der Waals surface area contributed by atoms with E-state index in [-0.39, 0.29) is 5.56 Å². The molecule has 2 aliphatic heterocycles. The third kappa shape index (κ3) is 3.67. The molecule has 0 atom stereocenters. The molecule has 0 amide bonds. The van der Waals surface area contributed by atoms with Gasteiger partial charge in [-0.1, -0.05) is 0 Å². The van der Waals surface area contributed by atoms with Crippen molar-refractivity contribution in [1.82, 2.24) is 24.2 Å². The minimum atomic E-state index is 0.0863. The highest BCUT2D eigenvalue weighted by Gasteiger charge is 2.21. The number of ether oxygens (including phenoxy) is 1. The van der Waals surface area contributed by atoms with Crippen LogP contribution in [0.1, 0.15) is 29.8 Å². The van der Waals surface area contributed by atoms with Crippen molar-refractivity contribution >= 4 is 0 Å². The predicted octanol–water partition coefficient (Wildman–Crippen LogP) is 1.19. The van der Waals surface area contributed by atoms with Gasteiger partial charge in [-0.2, -0.15) is 5.10 Å². The normalized spacial score (nSPS) is 19.1. The van der Waals surface area contributed by atoms with Gasteiger partial charge in [0.15, 0.2) is 0 Å². The molecule has 4 rings (SSSR count). The summed E-state index contributed by atoms with van der Waals surface area (Å²) in [5.74, 6) is 0.543. The molecule has 0 aromatic carbocycles. The lowest BCUT2D eigenvalue weighted by Gasteiger charge is -2.31. The van der Waals surface area contributed by atoms with Crippen LogP contribution in [0.4, 0.5) is 0 Å². The summed E-state index contributed by atoms with van der Waals surface area (Å²) in [4.78, 5) is 18.7. The summed E-state index contributed by atoms with van der Waals surface area (Å²) < 4.78 is 9.32. The molecule has 0 unspecified atom stereocenters. The fraction of sp³-hybridized carbons (Fsp3) is 0.611. The smallest absolute Gasteiger partial charge is 0.256 e. The third-order valence-electron chi connectivity index (χ3n) is 5.23. The Hall–Kier alpha value is -1.99. The van der Waals surface area contributed by atoms with Crippen LogP contribution < -0.4 is 5.56 Å². The van der Waals surface area contributed by atoms with Crippen LogP contribution >= 0.6 is 0 Å². The zero-order chi connectivity index (χ0) is 17.2. The van der Waals surface area contributed by atoms with E-state index in [0.717, 1.165) is 57.9 Å². The zero-order valence-electron chi connectivity index (χ0n) is 14.7. The Kier molecular flexibility index (Phi) is 4.67. The minimum Gasteiger partial charge on any atom is -0.373 e. The molecule has 2 aromatic heterocycles. The van der Waals surface area contributed by atoms with Crippen LogP contribution in [0.5, 0.6) is 0 Å². The fourth-order valence-corrected chi connectivity index (χ4v) is 3.75. The van der Waals surface area contributed by atoms with Crippen LogP contribution in [0.2, 0.25) is 0 Å². The van der Waals surface area contributed by atoms with Gasteiger partial charge in [0.2, 0.25) is 0 Å². The van der Waals surface area contributed by atoms with E-state index < -0.39 is 0 Å². The predicted molar refractivity (Wildman–Crippen MR) is 93.1 cm³/mol. The Morgan fingerprint density at radius 2 is 2.12 bits per heavy atom. The lowest BCUT2D eigenvalue weighted by molar-refractivity contribution is 0.0799. The van der Waals surface area contributed by atoms with E-state index in [4.69, 9.17) is 9.84 Å². The van der Waals surface area contributed by atoms with Crippen molar-refractivity contribution in [2.24, 2.45) is 5.92 Å². The molecule has 1 saturated heterocycles. The van der Waals surface area contributed by atoms with Crippen LogP contribution in [0.3, 0.4) is 0 Å². The summed E-state index contributed by atoms with van der Waals surface area (Å²) in [5, 5.41) is 4.69. The standard InChI is InChI=1S/C18H25N5O2/c1-14-9-19-13-22(18(14)24)10-15-2-4-21(5-3-15)11-16-8-17-12-25-7-6-23(17)20-16/h8-9,13,15H,2-7,10-12H2,1H3. The van der Waals surface area contributed by atoms with Crippen LogP contribution in [-0.4, -0.2) is 43.9 Å². The van der Waals surface area contributed by atoms with E-state index in [0.29, 0.717) is 18.1 Å².